The molecule has 0 saturated heterocycles. The SMILES string of the molecule is COc1cccc(CO[C@@H](C)C(=O)NCc2ccc(C)nc2)c1. The van der Waals surface area contributed by atoms with Gasteiger partial charge < -0.3 is 14.8 Å². The quantitative estimate of drug-likeness (QED) is 0.853. The van der Waals surface area contributed by atoms with E-state index in [0.29, 0.717) is 13.2 Å². The van der Waals surface area contributed by atoms with Gasteiger partial charge in [0.1, 0.15) is 11.9 Å². The number of ether oxygens (including phenoxy) is 2. The second kappa shape index (κ2) is 8.29. The van der Waals surface area contributed by atoms with Gasteiger partial charge in [-0.25, -0.2) is 0 Å². The van der Waals surface area contributed by atoms with Gasteiger partial charge in [-0.3, -0.25) is 9.78 Å². The number of aromatic nitrogens is 1. The lowest BCUT2D eigenvalue weighted by Gasteiger charge is -2.14. The standard InChI is InChI=1S/C18H22N2O3/c1-13-7-8-16(10-19-13)11-20-18(21)14(2)23-12-15-5-4-6-17(9-15)22-3/h4-10,14H,11-12H2,1-3H3,(H,20,21)/t14-/m0/s1. The summed E-state index contributed by atoms with van der Waals surface area (Å²) in [6.45, 7) is 4.47. The minimum atomic E-state index is -0.528. The number of aryl methyl sites for hydroxylation is 1. The van der Waals surface area contributed by atoms with E-state index in [9.17, 15) is 4.79 Å². The zero-order valence-corrected chi connectivity index (χ0v) is 13.7. The number of amides is 1. The van der Waals surface area contributed by atoms with E-state index in [2.05, 4.69) is 10.3 Å². The molecule has 0 bridgehead atoms. The molecule has 1 N–H and O–H groups in total. The Hall–Kier alpha value is -2.40. The van der Waals surface area contributed by atoms with E-state index in [0.717, 1.165) is 22.6 Å². The Kier molecular flexibility index (Phi) is 6.11. The number of benzene rings is 1. The normalized spacial score (nSPS) is 11.8. The van der Waals surface area contributed by atoms with Crippen LogP contribution < -0.4 is 10.1 Å². The van der Waals surface area contributed by atoms with Crippen LogP contribution in [0.1, 0.15) is 23.7 Å². The number of rotatable bonds is 7. The number of pyridine rings is 1. The molecule has 1 amide bonds. The van der Waals surface area contributed by atoms with Crippen molar-refractivity contribution < 1.29 is 14.3 Å². The smallest absolute Gasteiger partial charge is 0.249 e. The average Bonchev–Trinajstić information content (AvgIpc) is 2.59. The maximum Gasteiger partial charge on any atom is 0.249 e. The van der Waals surface area contributed by atoms with Crippen LogP contribution in [0.2, 0.25) is 0 Å². The third kappa shape index (κ3) is 5.38. The molecule has 1 heterocycles. The predicted octanol–water partition coefficient (Wildman–Crippen LogP) is 2.62. The minimum absolute atomic E-state index is 0.145. The van der Waals surface area contributed by atoms with Gasteiger partial charge in [0, 0.05) is 18.4 Å². The topological polar surface area (TPSA) is 60.5 Å². The molecule has 0 fully saturated rings. The summed E-state index contributed by atoms with van der Waals surface area (Å²) in [6.07, 6.45) is 1.23. The first-order valence-electron chi connectivity index (χ1n) is 7.52. The van der Waals surface area contributed by atoms with E-state index in [4.69, 9.17) is 9.47 Å². The van der Waals surface area contributed by atoms with Crippen LogP contribution in [0, 0.1) is 6.92 Å². The summed E-state index contributed by atoms with van der Waals surface area (Å²) < 4.78 is 10.8. The van der Waals surface area contributed by atoms with Crippen molar-refractivity contribution in [1.82, 2.24) is 10.3 Å². The van der Waals surface area contributed by atoms with Crippen molar-refractivity contribution in [2.24, 2.45) is 0 Å². The summed E-state index contributed by atoms with van der Waals surface area (Å²) >= 11 is 0. The first-order chi connectivity index (χ1) is 11.1. The first kappa shape index (κ1) is 17.0. The molecule has 0 spiro atoms. The number of nitrogens with zero attached hydrogens (tertiary/aromatic N) is 1. The first-order valence-corrected chi connectivity index (χ1v) is 7.52. The molecule has 1 atom stereocenters. The van der Waals surface area contributed by atoms with Crippen molar-refractivity contribution >= 4 is 5.91 Å². The molecule has 122 valence electrons. The van der Waals surface area contributed by atoms with Gasteiger partial charge in [-0.2, -0.15) is 0 Å². The molecule has 5 heteroatoms. The van der Waals surface area contributed by atoms with E-state index in [-0.39, 0.29) is 5.91 Å². The largest absolute Gasteiger partial charge is 0.497 e. The zero-order chi connectivity index (χ0) is 16.7. The highest BCUT2D eigenvalue weighted by molar-refractivity contribution is 5.80. The van der Waals surface area contributed by atoms with Crippen molar-refractivity contribution in [3.63, 3.8) is 0 Å². The fraction of sp³-hybridized carbons (Fsp3) is 0.333. The molecule has 0 unspecified atom stereocenters. The van der Waals surface area contributed by atoms with Crippen LogP contribution in [-0.4, -0.2) is 24.1 Å². The zero-order valence-electron chi connectivity index (χ0n) is 13.7. The monoisotopic (exact) mass is 314 g/mol. The molecule has 0 radical (unpaired) electrons. The summed E-state index contributed by atoms with van der Waals surface area (Å²) in [5.74, 6) is 0.628. The summed E-state index contributed by atoms with van der Waals surface area (Å²) in [4.78, 5) is 16.2. The lowest BCUT2D eigenvalue weighted by atomic mass is 10.2. The Balaban J connectivity index is 1.79. The van der Waals surface area contributed by atoms with Crippen LogP contribution in [0.4, 0.5) is 0 Å². The van der Waals surface area contributed by atoms with Gasteiger partial charge in [0.2, 0.25) is 5.91 Å². The minimum Gasteiger partial charge on any atom is -0.497 e. The Labute approximate surface area is 136 Å². The Morgan fingerprint density at radius 1 is 1.26 bits per heavy atom. The number of nitrogens with one attached hydrogen (secondary N) is 1. The Bertz CT molecular complexity index is 641. The number of carbonyl (C=O) groups is 1. The van der Waals surface area contributed by atoms with Crippen LogP contribution >= 0.6 is 0 Å². The van der Waals surface area contributed by atoms with Gasteiger partial charge in [0.15, 0.2) is 0 Å². The fourth-order valence-corrected chi connectivity index (χ4v) is 2.00. The molecule has 0 aliphatic carbocycles. The number of hydrogen-bond acceptors (Lipinski definition) is 4. The van der Waals surface area contributed by atoms with Crippen molar-refractivity contribution in [2.45, 2.75) is 33.1 Å². The van der Waals surface area contributed by atoms with E-state index >= 15 is 0 Å². The van der Waals surface area contributed by atoms with Crippen LogP contribution in [0.3, 0.4) is 0 Å². The molecule has 1 aromatic carbocycles. The van der Waals surface area contributed by atoms with Gasteiger partial charge in [0.05, 0.1) is 13.7 Å². The van der Waals surface area contributed by atoms with Gasteiger partial charge in [0.25, 0.3) is 0 Å². The summed E-state index contributed by atoms with van der Waals surface area (Å²) in [6, 6.07) is 11.5. The molecule has 2 aromatic rings. The lowest BCUT2D eigenvalue weighted by molar-refractivity contribution is -0.132. The molecule has 2 rings (SSSR count). The Morgan fingerprint density at radius 3 is 2.78 bits per heavy atom. The van der Waals surface area contributed by atoms with Gasteiger partial charge in [-0.15, -0.1) is 0 Å². The van der Waals surface area contributed by atoms with Crippen molar-refractivity contribution in [2.75, 3.05) is 7.11 Å². The highest BCUT2D eigenvalue weighted by Crippen LogP contribution is 2.13. The summed E-state index contributed by atoms with van der Waals surface area (Å²) in [7, 11) is 1.62. The molecular weight excluding hydrogens is 292 g/mol. The van der Waals surface area contributed by atoms with Crippen LogP contribution in [-0.2, 0) is 22.7 Å². The highest BCUT2D eigenvalue weighted by Gasteiger charge is 2.13. The van der Waals surface area contributed by atoms with Gasteiger partial charge in [-0.1, -0.05) is 18.2 Å². The average molecular weight is 314 g/mol. The van der Waals surface area contributed by atoms with Gasteiger partial charge in [-0.05, 0) is 43.2 Å². The maximum absolute atomic E-state index is 12.0. The second-order valence-corrected chi connectivity index (χ2v) is 5.33. The molecule has 1 aromatic heterocycles. The number of carbonyl (C=O) groups excluding carboxylic acids is 1. The molecule has 0 aliphatic heterocycles. The Morgan fingerprint density at radius 2 is 2.09 bits per heavy atom. The molecule has 0 saturated carbocycles. The van der Waals surface area contributed by atoms with Crippen molar-refractivity contribution in [3.8, 4) is 5.75 Å². The van der Waals surface area contributed by atoms with Crippen LogP contribution in [0.25, 0.3) is 0 Å². The van der Waals surface area contributed by atoms with Gasteiger partial charge >= 0.3 is 0 Å². The van der Waals surface area contributed by atoms with Crippen molar-refractivity contribution in [1.29, 1.82) is 0 Å². The maximum atomic E-state index is 12.0. The molecule has 0 aliphatic rings. The van der Waals surface area contributed by atoms with E-state index in [1.165, 1.54) is 0 Å². The molecular formula is C18H22N2O3. The van der Waals surface area contributed by atoms with Crippen LogP contribution in [0.5, 0.6) is 5.75 Å². The highest BCUT2D eigenvalue weighted by atomic mass is 16.5. The third-order valence-corrected chi connectivity index (χ3v) is 3.44. The summed E-state index contributed by atoms with van der Waals surface area (Å²) in [5, 5.41) is 2.85. The molecule has 23 heavy (non-hydrogen) atoms. The third-order valence-electron chi connectivity index (χ3n) is 3.44. The second-order valence-electron chi connectivity index (χ2n) is 5.33. The lowest BCUT2D eigenvalue weighted by Crippen LogP contribution is -2.34. The van der Waals surface area contributed by atoms with E-state index < -0.39 is 6.10 Å². The predicted molar refractivity (Wildman–Crippen MR) is 88.1 cm³/mol. The number of methoxy groups -OCH3 is 1. The van der Waals surface area contributed by atoms with Crippen LogP contribution in [0.15, 0.2) is 42.6 Å². The number of hydrogen-bond donors (Lipinski definition) is 1. The van der Waals surface area contributed by atoms with E-state index in [1.807, 2.05) is 43.3 Å². The van der Waals surface area contributed by atoms with Crippen molar-refractivity contribution in [3.05, 3.63) is 59.4 Å². The fourth-order valence-electron chi connectivity index (χ4n) is 2.00. The summed E-state index contributed by atoms with van der Waals surface area (Å²) in [5.41, 5.74) is 2.88. The van der Waals surface area contributed by atoms with E-state index in [1.54, 1.807) is 20.2 Å². The molecule has 5 nitrogen and oxygen atoms in total.